The van der Waals surface area contributed by atoms with Gasteiger partial charge in [-0.05, 0) is 41.8 Å². The summed E-state index contributed by atoms with van der Waals surface area (Å²) in [5.41, 5.74) is 3.19. The fraction of sp³-hybridized carbons (Fsp3) is 0.207. The average molecular weight is 484 g/mol. The Labute approximate surface area is 208 Å². The Morgan fingerprint density at radius 1 is 0.944 bits per heavy atom. The van der Waals surface area contributed by atoms with E-state index in [1.807, 2.05) is 42.5 Å². The maximum absolute atomic E-state index is 14.4. The van der Waals surface area contributed by atoms with E-state index in [0.717, 1.165) is 5.56 Å². The molecule has 5 rings (SSSR count). The molecule has 182 valence electrons. The number of Topliss-reactive ketones (excluding diaryl/α,β-unsaturated/α-hetero) is 1. The van der Waals surface area contributed by atoms with Gasteiger partial charge in [-0.1, -0.05) is 60.7 Å². The molecular weight excluding hydrogens is 459 g/mol. The number of para-hydroxylation sites is 2. The fourth-order valence-electron chi connectivity index (χ4n) is 5.17. The number of nitrogens with zero attached hydrogens (tertiary/aromatic N) is 1. The van der Waals surface area contributed by atoms with Gasteiger partial charge in [0.1, 0.15) is 11.6 Å². The van der Waals surface area contributed by atoms with Crippen LogP contribution in [0.15, 0.2) is 90.6 Å². The predicted octanol–water partition coefficient (Wildman–Crippen LogP) is 4.11. The molecule has 1 aliphatic carbocycles. The standard InChI is InChI=1S/C29H25FN2O4/c30-21-10-6-9-19(15-21)29-28-23(16-20(17-25(28)33)18-7-2-1-3-8-18)31-22-11-4-5-12-24(22)32(29)26(34)13-14-27(35)36/h1-12,15-16,20,28-29,31H,13-14,17H2,(H,35,36)/p-1. The van der Waals surface area contributed by atoms with E-state index in [1.165, 1.54) is 17.0 Å². The molecule has 0 fully saturated rings. The lowest BCUT2D eigenvalue weighted by atomic mass is 9.76. The molecule has 0 radical (unpaired) electrons. The number of hydrogen-bond donors (Lipinski definition) is 1. The lowest BCUT2D eigenvalue weighted by molar-refractivity contribution is -0.305. The minimum Gasteiger partial charge on any atom is -0.550 e. The molecule has 1 N–H and O–H groups in total. The molecule has 2 aliphatic rings. The van der Waals surface area contributed by atoms with Crippen LogP contribution in [-0.2, 0) is 14.4 Å². The second kappa shape index (κ2) is 9.77. The Morgan fingerprint density at radius 3 is 2.42 bits per heavy atom. The van der Waals surface area contributed by atoms with Crippen molar-refractivity contribution in [2.45, 2.75) is 31.2 Å². The molecule has 3 atom stereocenters. The van der Waals surface area contributed by atoms with E-state index in [2.05, 4.69) is 5.32 Å². The molecule has 0 aromatic heterocycles. The van der Waals surface area contributed by atoms with Gasteiger partial charge >= 0.3 is 0 Å². The van der Waals surface area contributed by atoms with Gasteiger partial charge < -0.3 is 20.1 Å². The third kappa shape index (κ3) is 4.52. The number of aliphatic carboxylic acids is 1. The lowest BCUT2D eigenvalue weighted by Gasteiger charge is -2.37. The summed E-state index contributed by atoms with van der Waals surface area (Å²) in [6, 6.07) is 21.8. The summed E-state index contributed by atoms with van der Waals surface area (Å²) in [7, 11) is 0. The number of allylic oxidation sites excluding steroid dienone is 1. The number of rotatable bonds is 5. The highest BCUT2D eigenvalue weighted by molar-refractivity contribution is 6.02. The summed E-state index contributed by atoms with van der Waals surface area (Å²) < 4.78 is 14.4. The molecule has 1 heterocycles. The van der Waals surface area contributed by atoms with Crippen molar-refractivity contribution in [1.82, 2.24) is 0 Å². The number of carboxylic acid groups (broad SMARTS) is 1. The van der Waals surface area contributed by atoms with E-state index < -0.39 is 36.1 Å². The molecule has 1 aliphatic heterocycles. The molecule has 3 aromatic rings. The first-order valence-electron chi connectivity index (χ1n) is 11.8. The van der Waals surface area contributed by atoms with E-state index in [4.69, 9.17) is 0 Å². The molecular formula is C29H24FN2O4-. The Bertz CT molecular complexity index is 1350. The molecule has 3 unspecified atom stereocenters. The maximum Gasteiger partial charge on any atom is 0.228 e. The van der Waals surface area contributed by atoms with Crippen molar-refractivity contribution < 1.29 is 23.9 Å². The Hall–Kier alpha value is -4.26. The molecule has 3 aromatic carbocycles. The zero-order valence-corrected chi connectivity index (χ0v) is 19.4. The smallest absolute Gasteiger partial charge is 0.228 e. The van der Waals surface area contributed by atoms with Gasteiger partial charge in [0.2, 0.25) is 5.91 Å². The van der Waals surface area contributed by atoms with Crippen LogP contribution in [-0.4, -0.2) is 17.7 Å². The first-order valence-corrected chi connectivity index (χ1v) is 11.8. The van der Waals surface area contributed by atoms with Gasteiger partial charge in [-0.25, -0.2) is 4.39 Å². The molecule has 36 heavy (non-hydrogen) atoms. The normalized spacial score (nSPS) is 20.9. The summed E-state index contributed by atoms with van der Waals surface area (Å²) in [4.78, 5) is 39.9. The SMILES string of the molecule is O=C([O-])CCC(=O)N1c2ccccc2NC2=CC(c3ccccc3)CC(=O)C2C1c1cccc(F)c1. The van der Waals surface area contributed by atoms with Crippen molar-refractivity contribution in [2.24, 2.45) is 5.92 Å². The lowest BCUT2D eigenvalue weighted by Crippen LogP contribution is -2.43. The molecule has 0 bridgehead atoms. The van der Waals surface area contributed by atoms with Gasteiger partial charge in [-0.3, -0.25) is 9.59 Å². The fourth-order valence-corrected chi connectivity index (χ4v) is 5.17. The number of anilines is 2. The highest BCUT2D eigenvalue weighted by Crippen LogP contribution is 2.48. The number of fused-ring (bicyclic) bond motifs is 2. The van der Waals surface area contributed by atoms with Gasteiger partial charge in [0.25, 0.3) is 0 Å². The Balaban J connectivity index is 1.69. The van der Waals surface area contributed by atoms with Gasteiger partial charge in [-0.2, -0.15) is 0 Å². The molecule has 0 saturated heterocycles. The van der Waals surface area contributed by atoms with Crippen LogP contribution in [0.1, 0.15) is 42.3 Å². The predicted molar refractivity (Wildman–Crippen MR) is 131 cm³/mol. The maximum atomic E-state index is 14.4. The van der Waals surface area contributed by atoms with Crippen molar-refractivity contribution in [3.05, 3.63) is 108 Å². The third-order valence-electron chi connectivity index (χ3n) is 6.75. The van der Waals surface area contributed by atoms with Crippen LogP contribution in [0, 0.1) is 11.7 Å². The van der Waals surface area contributed by atoms with E-state index in [0.29, 0.717) is 22.6 Å². The number of carbonyl (C=O) groups excluding carboxylic acids is 3. The Morgan fingerprint density at radius 2 is 1.67 bits per heavy atom. The Kier molecular flexibility index (Phi) is 6.38. The molecule has 6 nitrogen and oxygen atoms in total. The van der Waals surface area contributed by atoms with Gasteiger partial charge in [-0.15, -0.1) is 0 Å². The van der Waals surface area contributed by atoms with Gasteiger partial charge in [0.15, 0.2) is 0 Å². The van der Waals surface area contributed by atoms with Crippen molar-refractivity contribution in [3.63, 3.8) is 0 Å². The van der Waals surface area contributed by atoms with Crippen molar-refractivity contribution in [2.75, 3.05) is 10.2 Å². The van der Waals surface area contributed by atoms with Gasteiger partial charge in [0.05, 0.1) is 23.3 Å². The zero-order valence-electron chi connectivity index (χ0n) is 19.4. The van der Waals surface area contributed by atoms with Crippen LogP contribution in [0.25, 0.3) is 0 Å². The summed E-state index contributed by atoms with van der Waals surface area (Å²) in [5, 5.41) is 14.5. The number of carbonyl (C=O) groups is 3. The molecule has 0 spiro atoms. The van der Waals surface area contributed by atoms with Crippen LogP contribution in [0.2, 0.25) is 0 Å². The monoisotopic (exact) mass is 483 g/mol. The number of nitrogens with one attached hydrogen (secondary N) is 1. The summed E-state index contributed by atoms with van der Waals surface area (Å²) >= 11 is 0. The zero-order chi connectivity index (χ0) is 25.2. The minimum atomic E-state index is -1.34. The number of amides is 1. The second-order valence-corrected chi connectivity index (χ2v) is 9.07. The molecule has 0 saturated carbocycles. The topological polar surface area (TPSA) is 89.5 Å². The van der Waals surface area contributed by atoms with Crippen molar-refractivity contribution in [3.8, 4) is 0 Å². The summed E-state index contributed by atoms with van der Waals surface area (Å²) in [5.74, 6) is -3.34. The average Bonchev–Trinajstić information content (AvgIpc) is 3.02. The van der Waals surface area contributed by atoms with E-state index >= 15 is 0 Å². The second-order valence-electron chi connectivity index (χ2n) is 9.07. The largest absolute Gasteiger partial charge is 0.550 e. The van der Waals surface area contributed by atoms with E-state index in [-0.39, 0.29) is 24.5 Å². The number of benzene rings is 3. The first-order chi connectivity index (χ1) is 17.4. The number of halogens is 1. The van der Waals surface area contributed by atoms with E-state index in [1.54, 1.807) is 30.3 Å². The van der Waals surface area contributed by atoms with E-state index in [9.17, 15) is 23.9 Å². The van der Waals surface area contributed by atoms with Crippen LogP contribution in [0.4, 0.5) is 15.8 Å². The van der Waals surface area contributed by atoms with Crippen molar-refractivity contribution >= 4 is 29.0 Å². The first kappa shape index (κ1) is 23.5. The van der Waals surface area contributed by atoms with Crippen LogP contribution in [0.3, 0.4) is 0 Å². The molecule has 1 amide bonds. The van der Waals surface area contributed by atoms with Gasteiger partial charge in [0, 0.05) is 30.4 Å². The van der Waals surface area contributed by atoms with Crippen LogP contribution < -0.4 is 15.3 Å². The number of hydrogen-bond acceptors (Lipinski definition) is 5. The molecule has 7 heteroatoms. The third-order valence-corrected chi connectivity index (χ3v) is 6.75. The minimum absolute atomic E-state index is 0.0892. The summed E-state index contributed by atoms with van der Waals surface area (Å²) in [6.45, 7) is 0. The van der Waals surface area contributed by atoms with Crippen molar-refractivity contribution in [1.29, 1.82) is 0 Å². The van der Waals surface area contributed by atoms with Crippen LogP contribution in [0.5, 0.6) is 0 Å². The number of carboxylic acids is 1. The summed E-state index contributed by atoms with van der Waals surface area (Å²) in [6.07, 6.45) is 1.47. The highest BCUT2D eigenvalue weighted by Gasteiger charge is 2.45. The number of ketones is 1. The highest BCUT2D eigenvalue weighted by atomic mass is 19.1. The quantitative estimate of drug-likeness (QED) is 0.590. The van der Waals surface area contributed by atoms with Crippen LogP contribution >= 0.6 is 0 Å².